The summed E-state index contributed by atoms with van der Waals surface area (Å²) in [7, 11) is 0. The van der Waals surface area contributed by atoms with Gasteiger partial charge in [0.25, 0.3) is 0 Å². The zero-order valence-corrected chi connectivity index (χ0v) is 48.5. The van der Waals surface area contributed by atoms with Crippen molar-refractivity contribution < 1.29 is 34.4 Å². The topological polar surface area (TPSA) is 76.2 Å². The number of carbonyl (C=O) groups is 1. The summed E-state index contributed by atoms with van der Waals surface area (Å²) in [5.74, 6) is 2.21. The summed E-state index contributed by atoms with van der Waals surface area (Å²) < 4.78 is 6.40. The Labute approximate surface area is 451 Å². The minimum atomic E-state index is -0.337. The van der Waals surface area contributed by atoms with Crippen molar-refractivity contribution in [3.8, 4) is 22.5 Å². The number of pyridine rings is 2. The van der Waals surface area contributed by atoms with Crippen molar-refractivity contribution in [2.24, 2.45) is 22.7 Å². The SMILES string of the molecule is CCC(C)(CC)C(=O)/C=C(\O)C(C)(CC)CC.Cc1[c-]c(-c2ccc3c(CC(C)C)cccc3n2)cc(C)c1.Cc1[c-]c(-c2nccc3c(CC(C)C)cc(C4CCCC4)cc23)c2oc3ccccc3c2c1.[Ir]. The van der Waals surface area contributed by atoms with Gasteiger partial charge in [-0.1, -0.05) is 168 Å². The zero-order valence-electron chi connectivity index (χ0n) is 46.1. The third-order valence-electron chi connectivity index (χ3n) is 15.7. The monoisotopic (exact) mass is 1150 g/mol. The molecule has 0 unspecified atom stereocenters. The van der Waals surface area contributed by atoms with Crippen LogP contribution in [-0.2, 0) is 37.7 Å². The fourth-order valence-electron chi connectivity index (χ4n) is 10.5. The van der Waals surface area contributed by atoms with Gasteiger partial charge in [0.2, 0.25) is 0 Å². The maximum atomic E-state index is 12.2. The number of hydrogen-bond donors (Lipinski definition) is 1. The Hall–Kier alpha value is -5.42. The standard InChI is InChI=1S/C31H30NO.C21H22N.C15H28O2.Ir/c1-19(2)14-23-17-22(21-8-4-5-9-21)18-26-24(23)12-13-32-30(26)28-16-20(3)15-27-25-10-6-7-11-29(25)33-31(27)28;1-14(2)10-17-6-5-7-21-19(17)8-9-20(22-21)18-12-15(3)11-16(4)13-18;1-7-14(5,8-2)12(16)11-13(17)15(6,9-3)10-4;/h6-7,10-13,15,17-19,21H,4-5,8-9,14H2,1-3H3;5-9,11-12,14H,10H2,1-4H3;11,16H,7-10H2,1-6H3;/q2*-1;;/b;;12-11-;. The molecule has 387 valence electrons. The second-order valence-corrected chi connectivity index (χ2v) is 22.1. The average Bonchev–Trinajstić information content (AvgIpc) is 4.04. The Morgan fingerprint density at radius 2 is 1.37 bits per heavy atom. The van der Waals surface area contributed by atoms with Crippen LogP contribution in [-0.4, -0.2) is 20.9 Å². The van der Waals surface area contributed by atoms with E-state index in [1.165, 1.54) is 70.2 Å². The number of para-hydroxylation sites is 1. The number of aryl methyl sites for hydroxylation is 3. The summed E-state index contributed by atoms with van der Waals surface area (Å²) in [6, 6.07) is 39.7. The Bertz CT molecular complexity index is 3180. The van der Waals surface area contributed by atoms with E-state index in [0.717, 1.165) is 99.6 Å². The van der Waals surface area contributed by atoms with Crippen LogP contribution in [0.4, 0.5) is 0 Å². The maximum absolute atomic E-state index is 12.2. The van der Waals surface area contributed by atoms with Gasteiger partial charge >= 0.3 is 0 Å². The zero-order chi connectivity index (χ0) is 51.9. The molecule has 3 heterocycles. The predicted octanol–water partition coefficient (Wildman–Crippen LogP) is 18.9. The Morgan fingerprint density at radius 1 is 0.712 bits per heavy atom. The quantitative estimate of drug-likeness (QED) is 0.0667. The van der Waals surface area contributed by atoms with E-state index in [2.05, 4.69) is 139 Å². The molecule has 1 aliphatic rings. The number of hydrogen-bond acceptors (Lipinski definition) is 5. The number of fused-ring (bicyclic) bond motifs is 5. The van der Waals surface area contributed by atoms with Crippen molar-refractivity contribution in [2.75, 3.05) is 0 Å². The predicted molar refractivity (Wildman–Crippen MR) is 305 cm³/mol. The van der Waals surface area contributed by atoms with Gasteiger partial charge in [0.1, 0.15) is 11.3 Å². The Morgan fingerprint density at radius 3 is 2.03 bits per heavy atom. The molecular weight excluding hydrogens is 1070 g/mol. The van der Waals surface area contributed by atoms with Gasteiger partial charge in [0, 0.05) is 54.0 Å². The van der Waals surface area contributed by atoms with Crippen LogP contribution in [0.3, 0.4) is 0 Å². The van der Waals surface area contributed by atoms with Crippen molar-refractivity contribution in [3.05, 3.63) is 155 Å². The summed E-state index contributed by atoms with van der Waals surface area (Å²) in [6.07, 6.45) is 14.2. The molecule has 6 heteroatoms. The molecule has 5 nitrogen and oxygen atoms in total. The molecule has 1 N–H and O–H groups in total. The summed E-state index contributed by atoms with van der Waals surface area (Å²) in [6.45, 7) is 27.5. The number of aromatic nitrogens is 2. The van der Waals surface area contributed by atoms with Crippen LogP contribution >= 0.6 is 0 Å². The van der Waals surface area contributed by atoms with Crippen molar-refractivity contribution in [1.82, 2.24) is 9.97 Å². The number of aliphatic hydroxyl groups is 1. The molecule has 0 amide bonds. The summed E-state index contributed by atoms with van der Waals surface area (Å²) in [5, 5.41) is 16.2. The normalized spacial score (nSPS) is 13.4. The molecule has 73 heavy (non-hydrogen) atoms. The molecular formula is C67H80IrN2O3-2. The van der Waals surface area contributed by atoms with E-state index in [9.17, 15) is 9.90 Å². The molecule has 0 atom stereocenters. The van der Waals surface area contributed by atoms with E-state index in [1.54, 1.807) is 0 Å². The minimum absolute atomic E-state index is 0. The molecule has 0 aliphatic heterocycles. The van der Waals surface area contributed by atoms with E-state index >= 15 is 0 Å². The number of furan rings is 1. The number of nitrogens with zero attached hydrogens (tertiary/aromatic N) is 2. The molecule has 3 aromatic heterocycles. The number of aliphatic hydroxyl groups excluding tert-OH is 1. The number of benzene rings is 5. The van der Waals surface area contributed by atoms with Crippen LogP contribution in [0.1, 0.15) is 160 Å². The molecule has 1 radical (unpaired) electrons. The molecule has 1 aliphatic carbocycles. The van der Waals surface area contributed by atoms with Gasteiger partial charge in [0.05, 0.1) is 11.1 Å². The Balaban J connectivity index is 0.000000190. The second kappa shape index (κ2) is 24.7. The first-order valence-electron chi connectivity index (χ1n) is 27.0. The molecule has 1 fully saturated rings. The number of carbonyl (C=O) groups excluding carboxylic acids is 1. The van der Waals surface area contributed by atoms with Crippen LogP contribution in [0.2, 0.25) is 0 Å². The van der Waals surface area contributed by atoms with Crippen LogP contribution in [0, 0.1) is 55.6 Å². The average molecular weight is 1150 g/mol. The molecule has 9 rings (SSSR count). The summed E-state index contributed by atoms with van der Waals surface area (Å²) in [4.78, 5) is 22.0. The van der Waals surface area contributed by atoms with E-state index in [1.807, 2.05) is 59.9 Å². The van der Waals surface area contributed by atoms with Gasteiger partial charge in [-0.05, 0) is 126 Å². The van der Waals surface area contributed by atoms with Gasteiger partial charge in [-0.3, -0.25) is 9.78 Å². The molecule has 0 saturated heterocycles. The van der Waals surface area contributed by atoms with Gasteiger partial charge in [-0.25, -0.2) is 0 Å². The molecule has 1 saturated carbocycles. The largest absolute Gasteiger partial charge is 0.512 e. The third-order valence-corrected chi connectivity index (χ3v) is 15.7. The summed E-state index contributed by atoms with van der Waals surface area (Å²) >= 11 is 0. The fourth-order valence-corrected chi connectivity index (χ4v) is 10.5. The number of rotatable bonds is 14. The van der Waals surface area contributed by atoms with Crippen LogP contribution in [0.15, 0.2) is 113 Å². The van der Waals surface area contributed by atoms with Gasteiger partial charge in [-0.15, -0.1) is 52.6 Å². The van der Waals surface area contributed by atoms with Crippen LogP contribution in [0.5, 0.6) is 0 Å². The van der Waals surface area contributed by atoms with Crippen molar-refractivity contribution in [1.29, 1.82) is 0 Å². The van der Waals surface area contributed by atoms with E-state index < -0.39 is 0 Å². The maximum Gasteiger partial charge on any atom is 0.164 e. The summed E-state index contributed by atoms with van der Waals surface area (Å²) in [5.41, 5.74) is 14.2. The van der Waals surface area contributed by atoms with Crippen molar-refractivity contribution in [3.63, 3.8) is 0 Å². The van der Waals surface area contributed by atoms with E-state index in [-0.39, 0.29) is 42.5 Å². The third kappa shape index (κ3) is 13.1. The van der Waals surface area contributed by atoms with E-state index in [0.29, 0.717) is 17.8 Å². The van der Waals surface area contributed by atoms with Gasteiger partial charge in [0.15, 0.2) is 5.78 Å². The van der Waals surface area contributed by atoms with Crippen LogP contribution < -0.4 is 0 Å². The first kappa shape index (κ1) is 56.9. The fraction of sp³-hybridized carbons (Fsp3) is 0.418. The molecule has 5 aromatic carbocycles. The minimum Gasteiger partial charge on any atom is -0.512 e. The first-order chi connectivity index (χ1) is 34.4. The molecule has 0 spiro atoms. The number of ketones is 1. The second-order valence-electron chi connectivity index (χ2n) is 22.1. The van der Waals surface area contributed by atoms with Crippen LogP contribution in [0.25, 0.3) is 66.1 Å². The van der Waals surface area contributed by atoms with Crippen molar-refractivity contribution in [2.45, 2.75) is 160 Å². The van der Waals surface area contributed by atoms with Crippen molar-refractivity contribution >= 4 is 49.4 Å². The molecule has 0 bridgehead atoms. The smallest absolute Gasteiger partial charge is 0.164 e. The van der Waals surface area contributed by atoms with Gasteiger partial charge < -0.3 is 14.5 Å². The Kier molecular flexibility index (Phi) is 19.3. The number of allylic oxidation sites excluding steroid dienone is 2. The molecule has 8 aromatic rings. The van der Waals surface area contributed by atoms with E-state index in [4.69, 9.17) is 14.4 Å². The first-order valence-corrected chi connectivity index (χ1v) is 27.0. The van der Waals surface area contributed by atoms with Gasteiger partial charge in [-0.2, -0.15) is 0 Å².